The van der Waals surface area contributed by atoms with Crippen LogP contribution in [-0.4, -0.2) is 62.3 Å². The Bertz CT molecular complexity index is 820. The van der Waals surface area contributed by atoms with Crippen LogP contribution in [-0.2, 0) is 11.3 Å². The second-order valence-electron chi connectivity index (χ2n) is 6.95. The molecule has 1 aliphatic heterocycles. The summed E-state index contributed by atoms with van der Waals surface area (Å²) >= 11 is 0. The van der Waals surface area contributed by atoms with E-state index in [0.717, 1.165) is 23.6 Å². The number of anilines is 2. The van der Waals surface area contributed by atoms with Gasteiger partial charge in [0.05, 0.1) is 25.0 Å². The lowest BCUT2D eigenvalue weighted by Gasteiger charge is -2.25. The molecule has 1 fully saturated rings. The number of likely N-dealkylation sites (N-methyl/N-ethyl adjacent to an activating group) is 1. The van der Waals surface area contributed by atoms with Gasteiger partial charge in [0, 0.05) is 18.8 Å². The molecule has 0 bridgehead atoms. The Morgan fingerprint density at radius 3 is 2.68 bits per heavy atom. The van der Waals surface area contributed by atoms with Crippen molar-refractivity contribution in [2.45, 2.75) is 13.5 Å². The highest BCUT2D eigenvalue weighted by molar-refractivity contribution is 5.95. The number of hydrogen-bond acceptors (Lipinski definition) is 5. The lowest BCUT2D eigenvalue weighted by atomic mass is 10.1. The van der Waals surface area contributed by atoms with Crippen molar-refractivity contribution in [2.24, 2.45) is 0 Å². The molecule has 1 aromatic heterocycles. The standard InChI is InChI=1S/C20H26N4O4/c1-15-17(7-4-8-18(15)24-11-13-28-20(24)26)21-19(25)23(10-9-22(2)3)14-16-6-5-12-27-16/h4-8,12H,9-11,13-14H2,1-3H3,(H,21,25). The van der Waals surface area contributed by atoms with Gasteiger partial charge < -0.3 is 24.3 Å². The lowest BCUT2D eigenvalue weighted by Crippen LogP contribution is -2.39. The van der Waals surface area contributed by atoms with Crippen molar-refractivity contribution in [3.8, 4) is 0 Å². The van der Waals surface area contributed by atoms with E-state index >= 15 is 0 Å². The average Bonchev–Trinajstić information content (AvgIpc) is 3.32. The van der Waals surface area contributed by atoms with Crippen molar-refractivity contribution in [2.75, 3.05) is 50.6 Å². The van der Waals surface area contributed by atoms with Crippen LogP contribution in [0, 0.1) is 6.92 Å². The van der Waals surface area contributed by atoms with Crippen LogP contribution in [0.1, 0.15) is 11.3 Å². The highest BCUT2D eigenvalue weighted by Crippen LogP contribution is 2.29. The van der Waals surface area contributed by atoms with Gasteiger partial charge in [-0.2, -0.15) is 0 Å². The van der Waals surface area contributed by atoms with Gasteiger partial charge >= 0.3 is 12.1 Å². The Morgan fingerprint density at radius 2 is 2.04 bits per heavy atom. The molecule has 8 nitrogen and oxygen atoms in total. The molecule has 2 heterocycles. The molecule has 0 radical (unpaired) electrons. The van der Waals surface area contributed by atoms with E-state index in [1.807, 2.05) is 50.2 Å². The first-order valence-electron chi connectivity index (χ1n) is 9.22. The van der Waals surface area contributed by atoms with Crippen LogP contribution in [0.4, 0.5) is 21.0 Å². The molecule has 0 unspecified atom stereocenters. The Labute approximate surface area is 164 Å². The van der Waals surface area contributed by atoms with Gasteiger partial charge in [-0.3, -0.25) is 4.90 Å². The molecular weight excluding hydrogens is 360 g/mol. The average molecular weight is 386 g/mol. The van der Waals surface area contributed by atoms with Crippen molar-refractivity contribution in [1.29, 1.82) is 0 Å². The van der Waals surface area contributed by atoms with Crippen LogP contribution in [0.2, 0.25) is 0 Å². The van der Waals surface area contributed by atoms with E-state index in [1.165, 1.54) is 0 Å². The summed E-state index contributed by atoms with van der Waals surface area (Å²) in [6, 6.07) is 8.93. The third kappa shape index (κ3) is 4.64. The van der Waals surface area contributed by atoms with Crippen LogP contribution in [0.15, 0.2) is 41.0 Å². The normalized spacial score (nSPS) is 13.7. The van der Waals surface area contributed by atoms with Crippen molar-refractivity contribution in [3.63, 3.8) is 0 Å². The van der Waals surface area contributed by atoms with Gasteiger partial charge in [0.15, 0.2) is 0 Å². The van der Waals surface area contributed by atoms with Crippen LogP contribution in [0.5, 0.6) is 0 Å². The van der Waals surface area contributed by atoms with Crippen LogP contribution < -0.4 is 10.2 Å². The molecule has 150 valence electrons. The molecule has 1 saturated heterocycles. The number of benzene rings is 1. The monoisotopic (exact) mass is 386 g/mol. The largest absolute Gasteiger partial charge is 0.467 e. The van der Waals surface area contributed by atoms with E-state index in [-0.39, 0.29) is 12.1 Å². The minimum atomic E-state index is -0.364. The van der Waals surface area contributed by atoms with Crippen molar-refractivity contribution >= 4 is 23.5 Å². The maximum absolute atomic E-state index is 12.9. The molecule has 3 amide bonds. The molecular formula is C20H26N4O4. The smallest absolute Gasteiger partial charge is 0.414 e. The first kappa shape index (κ1) is 19.8. The number of cyclic esters (lactones) is 1. The fraction of sp³-hybridized carbons (Fsp3) is 0.400. The summed E-state index contributed by atoms with van der Waals surface area (Å²) in [4.78, 5) is 30.1. The molecule has 28 heavy (non-hydrogen) atoms. The summed E-state index contributed by atoms with van der Waals surface area (Å²) in [5.41, 5.74) is 2.22. The van der Waals surface area contributed by atoms with E-state index in [0.29, 0.717) is 31.9 Å². The number of rotatable bonds is 7. The predicted molar refractivity (Wildman–Crippen MR) is 107 cm³/mol. The molecule has 0 spiro atoms. The van der Waals surface area contributed by atoms with Gasteiger partial charge in [0.1, 0.15) is 12.4 Å². The molecule has 0 aliphatic carbocycles. The summed E-state index contributed by atoms with van der Waals surface area (Å²) in [6.07, 6.45) is 1.23. The summed E-state index contributed by atoms with van der Waals surface area (Å²) < 4.78 is 10.4. The summed E-state index contributed by atoms with van der Waals surface area (Å²) in [7, 11) is 3.93. The quantitative estimate of drug-likeness (QED) is 0.791. The number of urea groups is 1. The Kier molecular flexibility index (Phi) is 6.20. The lowest BCUT2D eigenvalue weighted by molar-refractivity contribution is 0.181. The van der Waals surface area contributed by atoms with Gasteiger partial charge in [-0.05, 0) is 50.8 Å². The highest BCUT2D eigenvalue weighted by atomic mass is 16.6. The van der Waals surface area contributed by atoms with Crippen LogP contribution in [0.3, 0.4) is 0 Å². The number of nitrogens with zero attached hydrogens (tertiary/aromatic N) is 3. The van der Waals surface area contributed by atoms with Crippen molar-refractivity contribution in [3.05, 3.63) is 47.9 Å². The predicted octanol–water partition coefficient (Wildman–Crippen LogP) is 3.14. The number of amides is 3. The first-order chi connectivity index (χ1) is 13.5. The number of ether oxygens (including phenoxy) is 1. The van der Waals surface area contributed by atoms with Gasteiger partial charge in [0.2, 0.25) is 0 Å². The van der Waals surface area contributed by atoms with Crippen molar-refractivity contribution in [1.82, 2.24) is 9.80 Å². The van der Waals surface area contributed by atoms with Gasteiger partial charge in [-0.1, -0.05) is 6.07 Å². The third-order valence-corrected chi connectivity index (χ3v) is 4.63. The third-order valence-electron chi connectivity index (χ3n) is 4.63. The van der Waals surface area contributed by atoms with E-state index in [2.05, 4.69) is 5.32 Å². The SMILES string of the molecule is Cc1c(NC(=O)N(CCN(C)C)Cc2ccco2)cccc1N1CCOC1=O. The second kappa shape index (κ2) is 8.79. The van der Waals surface area contributed by atoms with E-state index in [4.69, 9.17) is 9.15 Å². The Balaban J connectivity index is 1.76. The molecule has 2 aromatic rings. The maximum Gasteiger partial charge on any atom is 0.414 e. The minimum Gasteiger partial charge on any atom is -0.467 e. The summed E-state index contributed by atoms with van der Waals surface area (Å²) in [6.45, 7) is 4.42. The Hall–Kier alpha value is -3.00. The minimum absolute atomic E-state index is 0.220. The number of carbonyl (C=O) groups excluding carboxylic acids is 2. The topological polar surface area (TPSA) is 78.3 Å². The molecule has 1 aromatic carbocycles. The zero-order valence-corrected chi connectivity index (χ0v) is 16.5. The number of hydrogen-bond donors (Lipinski definition) is 1. The molecule has 3 rings (SSSR count). The fourth-order valence-corrected chi connectivity index (χ4v) is 3.02. The van der Waals surface area contributed by atoms with Crippen LogP contribution in [0.25, 0.3) is 0 Å². The van der Waals surface area contributed by atoms with Crippen molar-refractivity contribution < 1.29 is 18.7 Å². The second-order valence-corrected chi connectivity index (χ2v) is 6.95. The molecule has 0 atom stereocenters. The van der Waals surface area contributed by atoms with Gasteiger partial charge in [0.25, 0.3) is 0 Å². The van der Waals surface area contributed by atoms with Gasteiger partial charge in [-0.25, -0.2) is 9.59 Å². The van der Waals surface area contributed by atoms with Crippen LogP contribution >= 0.6 is 0 Å². The number of carbonyl (C=O) groups is 2. The van der Waals surface area contributed by atoms with Gasteiger partial charge in [-0.15, -0.1) is 0 Å². The van der Waals surface area contributed by atoms with E-state index < -0.39 is 0 Å². The first-order valence-corrected chi connectivity index (χ1v) is 9.22. The molecule has 1 N–H and O–H groups in total. The zero-order valence-electron chi connectivity index (χ0n) is 16.5. The Morgan fingerprint density at radius 1 is 1.21 bits per heavy atom. The maximum atomic E-state index is 12.9. The fourth-order valence-electron chi connectivity index (χ4n) is 3.02. The molecule has 1 aliphatic rings. The zero-order chi connectivity index (χ0) is 20.1. The van der Waals surface area contributed by atoms with E-state index in [9.17, 15) is 9.59 Å². The van der Waals surface area contributed by atoms with E-state index in [1.54, 1.807) is 22.1 Å². The summed E-state index contributed by atoms with van der Waals surface area (Å²) in [5, 5.41) is 2.97. The number of nitrogens with one attached hydrogen (secondary N) is 1. The highest BCUT2D eigenvalue weighted by Gasteiger charge is 2.26. The molecule has 8 heteroatoms. The molecule has 0 saturated carbocycles. The summed E-state index contributed by atoms with van der Waals surface area (Å²) in [5.74, 6) is 0.721. The number of furan rings is 1.